The van der Waals surface area contributed by atoms with Crippen LogP contribution in [-0.4, -0.2) is 26.2 Å². The molecule has 0 aliphatic rings. The number of hydrogen-bond donors (Lipinski definition) is 2. The normalized spacial score (nSPS) is 12.4. The van der Waals surface area contributed by atoms with Gasteiger partial charge in [0.2, 0.25) is 0 Å². The monoisotopic (exact) mass is 326 g/mol. The van der Waals surface area contributed by atoms with E-state index in [-0.39, 0.29) is 12.0 Å². The van der Waals surface area contributed by atoms with Crippen molar-refractivity contribution in [2.24, 2.45) is 5.41 Å². The SMILES string of the molecule is CCc1cccc2nc(N)c3nc(CCO)n(CC(C)(C)C)c3c12. The highest BCUT2D eigenvalue weighted by atomic mass is 16.3. The highest BCUT2D eigenvalue weighted by Gasteiger charge is 2.22. The molecule has 0 radical (unpaired) electrons. The smallest absolute Gasteiger partial charge is 0.152 e. The summed E-state index contributed by atoms with van der Waals surface area (Å²) < 4.78 is 2.23. The third-order valence-corrected chi connectivity index (χ3v) is 4.24. The lowest BCUT2D eigenvalue weighted by atomic mass is 9.96. The quantitative estimate of drug-likeness (QED) is 0.771. The van der Waals surface area contributed by atoms with Gasteiger partial charge in [0, 0.05) is 18.4 Å². The topological polar surface area (TPSA) is 77.0 Å². The van der Waals surface area contributed by atoms with E-state index >= 15 is 0 Å². The molecule has 0 amide bonds. The van der Waals surface area contributed by atoms with Crippen molar-refractivity contribution in [2.75, 3.05) is 12.3 Å². The van der Waals surface area contributed by atoms with Crippen molar-refractivity contribution in [3.05, 3.63) is 29.6 Å². The lowest BCUT2D eigenvalue weighted by molar-refractivity contribution is 0.288. The number of imidazole rings is 1. The summed E-state index contributed by atoms with van der Waals surface area (Å²) in [5.74, 6) is 1.33. The van der Waals surface area contributed by atoms with Crippen LogP contribution in [0, 0.1) is 5.41 Å². The zero-order valence-corrected chi connectivity index (χ0v) is 14.9. The summed E-state index contributed by atoms with van der Waals surface area (Å²) in [6, 6.07) is 6.17. The number of hydrogen-bond acceptors (Lipinski definition) is 4. The first kappa shape index (κ1) is 16.7. The Balaban J connectivity index is 2.46. The van der Waals surface area contributed by atoms with E-state index in [0.29, 0.717) is 12.2 Å². The summed E-state index contributed by atoms with van der Waals surface area (Å²) in [7, 11) is 0. The molecule has 3 aromatic rings. The van der Waals surface area contributed by atoms with Crippen molar-refractivity contribution >= 4 is 27.8 Å². The first-order valence-electron chi connectivity index (χ1n) is 8.52. The molecule has 5 heteroatoms. The molecule has 3 N–H and O–H groups in total. The number of aryl methyl sites for hydroxylation is 1. The number of aliphatic hydroxyl groups excluding tert-OH is 1. The molecule has 0 spiro atoms. The van der Waals surface area contributed by atoms with Gasteiger partial charge in [0.05, 0.1) is 17.6 Å². The number of fused-ring (bicyclic) bond motifs is 3. The molecule has 5 nitrogen and oxygen atoms in total. The van der Waals surface area contributed by atoms with Gasteiger partial charge in [0.25, 0.3) is 0 Å². The number of nitrogen functional groups attached to an aromatic ring is 1. The molecule has 0 fully saturated rings. The number of anilines is 1. The van der Waals surface area contributed by atoms with Gasteiger partial charge in [-0.3, -0.25) is 0 Å². The highest BCUT2D eigenvalue weighted by molar-refractivity contribution is 6.08. The minimum Gasteiger partial charge on any atom is -0.396 e. The summed E-state index contributed by atoms with van der Waals surface area (Å²) in [5, 5.41) is 10.6. The zero-order valence-electron chi connectivity index (χ0n) is 14.9. The minimum absolute atomic E-state index is 0.0688. The van der Waals surface area contributed by atoms with Crippen LogP contribution in [0.4, 0.5) is 5.82 Å². The maximum atomic E-state index is 9.45. The van der Waals surface area contributed by atoms with Gasteiger partial charge in [-0.05, 0) is 23.5 Å². The van der Waals surface area contributed by atoms with Crippen LogP contribution in [0.5, 0.6) is 0 Å². The maximum Gasteiger partial charge on any atom is 0.152 e. The molecular formula is C19H26N4O. The van der Waals surface area contributed by atoms with E-state index in [0.717, 1.165) is 40.7 Å². The van der Waals surface area contributed by atoms with Gasteiger partial charge in [-0.25, -0.2) is 9.97 Å². The summed E-state index contributed by atoms with van der Waals surface area (Å²) in [6.07, 6.45) is 1.44. The Morgan fingerprint density at radius 1 is 1.21 bits per heavy atom. The average molecular weight is 326 g/mol. The van der Waals surface area contributed by atoms with Crippen molar-refractivity contribution in [3.63, 3.8) is 0 Å². The number of benzene rings is 1. The molecule has 0 saturated carbocycles. The maximum absolute atomic E-state index is 9.45. The minimum atomic E-state index is 0.0688. The summed E-state index contributed by atoms with van der Waals surface area (Å²) >= 11 is 0. The van der Waals surface area contributed by atoms with Gasteiger partial charge < -0.3 is 15.4 Å². The summed E-state index contributed by atoms with van der Waals surface area (Å²) in [4.78, 5) is 9.29. The summed E-state index contributed by atoms with van der Waals surface area (Å²) in [5.41, 5.74) is 10.2. The highest BCUT2D eigenvalue weighted by Crippen LogP contribution is 2.33. The van der Waals surface area contributed by atoms with Gasteiger partial charge in [-0.2, -0.15) is 0 Å². The number of aliphatic hydroxyl groups is 1. The predicted octanol–water partition coefficient (Wildman–Crippen LogP) is 3.31. The number of nitrogens with zero attached hydrogens (tertiary/aromatic N) is 3. The molecule has 2 heterocycles. The second kappa shape index (κ2) is 6.06. The molecule has 0 aliphatic carbocycles. The Bertz CT molecular complexity index is 890. The molecular weight excluding hydrogens is 300 g/mol. The van der Waals surface area contributed by atoms with Gasteiger partial charge in [-0.1, -0.05) is 39.8 Å². The van der Waals surface area contributed by atoms with Crippen LogP contribution in [0.3, 0.4) is 0 Å². The van der Waals surface area contributed by atoms with Crippen LogP contribution >= 0.6 is 0 Å². The second-order valence-corrected chi connectivity index (χ2v) is 7.51. The first-order valence-corrected chi connectivity index (χ1v) is 8.52. The van der Waals surface area contributed by atoms with Crippen molar-refractivity contribution in [1.29, 1.82) is 0 Å². The second-order valence-electron chi connectivity index (χ2n) is 7.51. The standard InChI is InChI=1S/C19H26N4O/c1-5-12-7-6-8-13-15(12)17-16(18(20)21-13)22-14(9-10-24)23(17)11-19(2,3)4/h6-8,24H,5,9-11H2,1-4H3,(H2,20,21). The van der Waals surface area contributed by atoms with Crippen molar-refractivity contribution in [1.82, 2.24) is 14.5 Å². The third-order valence-electron chi connectivity index (χ3n) is 4.24. The Kier molecular flexibility index (Phi) is 4.22. The van der Waals surface area contributed by atoms with Crippen LogP contribution in [0.15, 0.2) is 18.2 Å². The fourth-order valence-corrected chi connectivity index (χ4v) is 3.30. The molecule has 0 bridgehead atoms. The largest absolute Gasteiger partial charge is 0.396 e. The molecule has 128 valence electrons. The van der Waals surface area contributed by atoms with Gasteiger partial charge >= 0.3 is 0 Å². The lowest BCUT2D eigenvalue weighted by Gasteiger charge is -2.22. The van der Waals surface area contributed by atoms with Gasteiger partial charge in [0.1, 0.15) is 11.3 Å². The van der Waals surface area contributed by atoms with Crippen molar-refractivity contribution in [3.8, 4) is 0 Å². The fourth-order valence-electron chi connectivity index (χ4n) is 3.30. The third kappa shape index (κ3) is 2.84. The van der Waals surface area contributed by atoms with E-state index in [4.69, 9.17) is 10.7 Å². The van der Waals surface area contributed by atoms with E-state index in [9.17, 15) is 5.11 Å². The Morgan fingerprint density at radius 2 is 1.96 bits per heavy atom. The van der Waals surface area contributed by atoms with Crippen LogP contribution in [0.25, 0.3) is 21.9 Å². The van der Waals surface area contributed by atoms with Crippen molar-refractivity contribution < 1.29 is 5.11 Å². The number of rotatable bonds is 4. The van der Waals surface area contributed by atoms with Gasteiger partial charge in [0.15, 0.2) is 5.82 Å². The molecule has 24 heavy (non-hydrogen) atoms. The van der Waals surface area contributed by atoms with Crippen LogP contribution in [0.2, 0.25) is 0 Å². The molecule has 0 aliphatic heterocycles. The van der Waals surface area contributed by atoms with Gasteiger partial charge in [-0.15, -0.1) is 0 Å². The average Bonchev–Trinajstić information content (AvgIpc) is 2.84. The Hall–Kier alpha value is -2.14. The first-order chi connectivity index (χ1) is 11.4. The molecule has 0 atom stereocenters. The molecule has 3 rings (SSSR count). The van der Waals surface area contributed by atoms with Crippen LogP contribution in [0.1, 0.15) is 39.1 Å². The molecule has 0 saturated heterocycles. The Morgan fingerprint density at radius 3 is 2.58 bits per heavy atom. The van der Waals surface area contributed by atoms with E-state index in [1.165, 1.54) is 5.56 Å². The molecule has 1 aromatic carbocycles. The molecule has 0 unspecified atom stereocenters. The zero-order chi connectivity index (χ0) is 17.5. The number of pyridine rings is 1. The van der Waals surface area contributed by atoms with Crippen molar-refractivity contribution in [2.45, 2.75) is 47.1 Å². The number of aromatic nitrogens is 3. The Labute approximate surface area is 142 Å². The van der Waals surface area contributed by atoms with E-state index in [2.05, 4.69) is 43.3 Å². The predicted molar refractivity (Wildman–Crippen MR) is 99.1 cm³/mol. The fraction of sp³-hybridized carbons (Fsp3) is 0.474. The summed E-state index contributed by atoms with van der Waals surface area (Å²) in [6.45, 7) is 9.64. The molecule has 2 aromatic heterocycles. The number of nitrogens with two attached hydrogens (primary N) is 1. The lowest BCUT2D eigenvalue weighted by Crippen LogP contribution is -2.18. The van der Waals surface area contributed by atoms with E-state index < -0.39 is 0 Å². The van der Waals surface area contributed by atoms with E-state index in [1.54, 1.807) is 0 Å². The van der Waals surface area contributed by atoms with E-state index in [1.807, 2.05) is 12.1 Å². The van der Waals surface area contributed by atoms with Crippen LogP contribution in [-0.2, 0) is 19.4 Å². The van der Waals surface area contributed by atoms with Crippen LogP contribution < -0.4 is 5.73 Å².